The quantitative estimate of drug-likeness (QED) is 0.523. The van der Waals surface area contributed by atoms with Crippen LogP contribution < -0.4 is 0 Å². The Bertz CT molecular complexity index is 545. The lowest BCUT2D eigenvalue weighted by atomic mass is 9.91. The van der Waals surface area contributed by atoms with Crippen LogP contribution in [0.25, 0.3) is 0 Å². The maximum atomic E-state index is 11.7. The van der Waals surface area contributed by atoms with Gasteiger partial charge in [-0.25, -0.2) is 4.79 Å². The lowest BCUT2D eigenvalue weighted by Gasteiger charge is -2.40. The van der Waals surface area contributed by atoms with Gasteiger partial charge in [0.25, 0.3) is 0 Å². The summed E-state index contributed by atoms with van der Waals surface area (Å²) in [6.07, 6.45) is -3.93. The van der Waals surface area contributed by atoms with Gasteiger partial charge in [-0.3, -0.25) is 0 Å². The Morgan fingerprint density at radius 1 is 1.12 bits per heavy atom. The number of hydrogen-bond acceptors (Lipinski definition) is 7. The van der Waals surface area contributed by atoms with Crippen molar-refractivity contribution in [1.82, 2.24) is 0 Å². The van der Waals surface area contributed by atoms with Crippen LogP contribution in [0.1, 0.15) is 28.8 Å². The second kappa shape index (κ2) is 8.55. The third-order valence-corrected chi connectivity index (χ3v) is 4.35. The highest BCUT2D eigenvalue weighted by molar-refractivity contribution is 5.90. The van der Waals surface area contributed by atoms with Crippen LogP contribution in [-0.4, -0.2) is 70.6 Å². The molecular weight excluding hydrogens is 316 g/mol. The van der Waals surface area contributed by atoms with Crippen LogP contribution in [0.5, 0.6) is 0 Å². The highest BCUT2D eigenvalue weighted by Crippen LogP contribution is 2.25. The topological polar surface area (TPSA) is 116 Å². The molecule has 0 spiro atoms. The van der Waals surface area contributed by atoms with Crippen molar-refractivity contribution in [2.75, 3.05) is 13.7 Å². The van der Waals surface area contributed by atoms with E-state index in [-0.39, 0.29) is 0 Å². The number of carbonyl (C=O) groups is 1. The van der Waals surface area contributed by atoms with E-state index >= 15 is 0 Å². The molecule has 1 aliphatic rings. The van der Waals surface area contributed by atoms with E-state index in [1.54, 1.807) is 12.1 Å². The predicted octanol–water partition coefficient (Wildman–Crippen LogP) is -0.362. The van der Waals surface area contributed by atoms with Crippen LogP contribution in [0.2, 0.25) is 0 Å². The van der Waals surface area contributed by atoms with Crippen LogP contribution in [0.15, 0.2) is 24.3 Å². The summed E-state index contributed by atoms with van der Waals surface area (Å²) in [5.41, 5.74) is 1.32. The first-order chi connectivity index (χ1) is 11.5. The molecule has 1 aliphatic heterocycles. The van der Waals surface area contributed by atoms with Gasteiger partial charge in [-0.2, -0.15) is 0 Å². The van der Waals surface area contributed by atoms with Gasteiger partial charge in [0.2, 0.25) is 0 Å². The van der Waals surface area contributed by atoms with Crippen molar-refractivity contribution in [3.63, 3.8) is 0 Å². The molecule has 0 aliphatic carbocycles. The first-order valence-electron chi connectivity index (χ1n) is 7.96. The number of hydrogen-bond donors (Lipinski definition) is 4. The Morgan fingerprint density at radius 3 is 2.46 bits per heavy atom. The molecule has 7 nitrogen and oxygen atoms in total. The Balaban J connectivity index is 1.96. The van der Waals surface area contributed by atoms with Gasteiger partial charge < -0.3 is 29.9 Å². The maximum Gasteiger partial charge on any atom is 0.338 e. The summed E-state index contributed by atoms with van der Waals surface area (Å²) < 4.78 is 10.2. The Labute approximate surface area is 140 Å². The molecule has 134 valence electrons. The summed E-state index contributed by atoms with van der Waals surface area (Å²) in [6, 6.07) is 7.11. The minimum absolute atomic E-state index is 0.404. The zero-order valence-electron chi connectivity index (χ0n) is 13.5. The summed E-state index contributed by atoms with van der Waals surface area (Å²) in [7, 11) is 1.33. The van der Waals surface area contributed by atoms with E-state index < -0.39 is 43.1 Å². The molecule has 0 radical (unpaired) electrons. The Hall–Kier alpha value is -1.51. The molecule has 1 unspecified atom stereocenters. The number of ether oxygens (including phenoxy) is 2. The zero-order chi connectivity index (χ0) is 17.7. The maximum absolute atomic E-state index is 11.7. The Morgan fingerprint density at radius 2 is 1.79 bits per heavy atom. The third kappa shape index (κ3) is 4.12. The normalized spacial score (nSPS) is 30.1. The molecule has 5 atom stereocenters. The second-order valence-electron chi connectivity index (χ2n) is 5.91. The summed E-state index contributed by atoms with van der Waals surface area (Å²) in [5, 5.41) is 38.7. The fourth-order valence-corrected chi connectivity index (χ4v) is 2.96. The molecule has 0 aromatic heterocycles. The van der Waals surface area contributed by atoms with Crippen molar-refractivity contribution in [3.05, 3.63) is 35.4 Å². The molecule has 1 fully saturated rings. The fraction of sp³-hybridized carbons (Fsp3) is 0.588. The van der Waals surface area contributed by atoms with Gasteiger partial charge in [0.05, 0.1) is 25.4 Å². The number of rotatable bonds is 6. The lowest BCUT2D eigenvalue weighted by molar-refractivity contribution is -0.230. The van der Waals surface area contributed by atoms with Gasteiger partial charge in [-0.15, -0.1) is 0 Å². The standard InChI is InChI=1S/C17H24O7/c1-23-17(22)11-7-3-2-5-10(11)6-4-8-12-14(19)16(21)15(20)13(9-18)24-12/h2-3,5,7,12-16,18-21H,4,6,8-9H2,1H3/t12?,13-,14+,15-,16-/m1/s1. The number of benzene rings is 1. The number of carbonyl (C=O) groups excluding carboxylic acids is 1. The van der Waals surface area contributed by atoms with Crippen molar-refractivity contribution in [2.24, 2.45) is 0 Å². The molecular formula is C17H24O7. The monoisotopic (exact) mass is 340 g/mol. The average Bonchev–Trinajstić information content (AvgIpc) is 2.61. The Kier molecular flexibility index (Phi) is 6.70. The average molecular weight is 340 g/mol. The van der Waals surface area contributed by atoms with E-state index in [1.165, 1.54) is 7.11 Å². The first kappa shape index (κ1) is 18.8. The molecule has 0 saturated carbocycles. The minimum Gasteiger partial charge on any atom is -0.465 e. The summed E-state index contributed by atoms with van der Waals surface area (Å²) in [4.78, 5) is 11.7. The van der Waals surface area contributed by atoms with Crippen molar-refractivity contribution in [1.29, 1.82) is 0 Å². The van der Waals surface area contributed by atoms with E-state index in [2.05, 4.69) is 0 Å². The van der Waals surface area contributed by atoms with Crippen LogP contribution in [0.4, 0.5) is 0 Å². The van der Waals surface area contributed by atoms with E-state index in [9.17, 15) is 25.2 Å². The van der Waals surface area contributed by atoms with E-state index in [4.69, 9.17) is 9.47 Å². The van der Waals surface area contributed by atoms with Crippen molar-refractivity contribution in [3.8, 4) is 0 Å². The van der Waals surface area contributed by atoms with Gasteiger partial charge in [-0.1, -0.05) is 18.2 Å². The fourth-order valence-electron chi connectivity index (χ4n) is 2.96. The summed E-state index contributed by atoms with van der Waals surface area (Å²) in [6.45, 7) is -0.438. The van der Waals surface area contributed by atoms with Gasteiger partial charge in [0.15, 0.2) is 0 Å². The highest BCUT2D eigenvalue weighted by Gasteiger charge is 2.42. The molecule has 1 heterocycles. The highest BCUT2D eigenvalue weighted by atomic mass is 16.5. The molecule has 4 N–H and O–H groups in total. The smallest absolute Gasteiger partial charge is 0.338 e. The molecule has 2 rings (SSSR count). The molecule has 0 bridgehead atoms. The zero-order valence-corrected chi connectivity index (χ0v) is 13.5. The first-order valence-corrected chi connectivity index (χ1v) is 7.96. The van der Waals surface area contributed by atoms with Gasteiger partial charge >= 0.3 is 5.97 Å². The number of esters is 1. The van der Waals surface area contributed by atoms with E-state index in [0.717, 1.165) is 5.56 Å². The molecule has 0 amide bonds. The molecule has 1 aromatic carbocycles. The number of aliphatic hydroxyl groups excluding tert-OH is 4. The van der Waals surface area contributed by atoms with Gasteiger partial charge in [0.1, 0.15) is 24.4 Å². The summed E-state index contributed by atoms with van der Waals surface area (Å²) >= 11 is 0. The molecule has 1 saturated heterocycles. The number of methoxy groups -OCH3 is 1. The van der Waals surface area contributed by atoms with Crippen molar-refractivity contribution < 1.29 is 34.7 Å². The lowest BCUT2D eigenvalue weighted by Crippen LogP contribution is -2.58. The van der Waals surface area contributed by atoms with Crippen LogP contribution in [-0.2, 0) is 15.9 Å². The predicted molar refractivity (Wildman–Crippen MR) is 84.5 cm³/mol. The van der Waals surface area contributed by atoms with Crippen molar-refractivity contribution >= 4 is 5.97 Å². The van der Waals surface area contributed by atoms with Gasteiger partial charge in [0, 0.05) is 0 Å². The minimum atomic E-state index is -1.36. The summed E-state index contributed by atoms with van der Waals surface area (Å²) in [5.74, 6) is -0.404. The number of aliphatic hydroxyl groups is 4. The molecule has 7 heteroatoms. The SMILES string of the molecule is COC(=O)c1ccccc1CCCC1O[C@H](CO)[C@@H](O)[C@H](O)[C@H]1O. The van der Waals surface area contributed by atoms with Crippen LogP contribution in [0.3, 0.4) is 0 Å². The van der Waals surface area contributed by atoms with E-state index in [1.807, 2.05) is 12.1 Å². The second-order valence-corrected chi connectivity index (χ2v) is 5.91. The van der Waals surface area contributed by atoms with Crippen LogP contribution >= 0.6 is 0 Å². The number of aryl methyl sites for hydroxylation is 1. The van der Waals surface area contributed by atoms with Gasteiger partial charge in [-0.05, 0) is 30.9 Å². The largest absolute Gasteiger partial charge is 0.465 e. The van der Waals surface area contributed by atoms with Crippen LogP contribution in [0, 0.1) is 0 Å². The van der Waals surface area contributed by atoms with Crippen molar-refractivity contribution in [2.45, 2.75) is 49.8 Å². The third-order valence-electron chi connectivity index (χ3n) is 4.35. The molecule has 1 aromatic rings. The molecule has 24 heavy (non-hydrogen) atoms. The van der Waals surface area contributed by atoms with E-state index in [0.29, 0.717) is 24.8 Å².